The topological polar surface area (TPSA) is 35.5 Å². The van der Waals surface area contributed by atoms with Crippen LogP contribution in [-0.2, 0) is 0 Å². The molecule has 1 rings (SSSR count). The highest BCUT2D eigenvalue weighted by Crippen LogP contribution is 2.34. The molecular weight excluding hydrogens is 212 g/mol. The third-order valence-electron chi connectivity index (χ3n) is 3.91. The summed E-state index contributed by atoms with van der Waals surface area (Å²) < 4.78 is 0. The molecule has 1 aliphatic rings. The van der Waals surface area contributed by atoms with Gasteiger partial charge in [-0.05, 0) is 43.8 Å². The molecule has 1 fully saturated rings. The van der Waals surface area contributed by atoms with Gasteiger partial charge in [-0.1, -0.05) is 27.7 Å². The molecule has 1 heterocycles. The van der Waals surface area contributed by atoms with E-state index in [1.165, 1.54) is 12.8 Å². The van der Waals surface area contributed by atoms with Crippen LogP contribution in [0.3, 0.4) is 0 Å². The molecule has 0 aromatic heterocycles. The minimum atomic E-state index is -0.221. The average molecular weight is 242 g/mol. The van der Waals surface area contributed by atoms with Crippen LogP contribution in [0.15, 0.2) is 0 Å². The number of likely N-dealkylation sites (N-methyl/N-ethyl adjacent to an activating group) is 1. The van der Waals surface area contributed by atoms with Crippen molar-refractivity contribution in [1.29, 1.82) is 0 Å². The van der Waals surface area contributed by atoms with Crippen LogP contribution in [0.5, 0.6) is 0 Å². The van der Waals surface area contributed by atoms with Crippen LogP contribution in [0.2, 0.25) is 0 Å². The van der Waals surface area contributed by atoms with Crippen molar-refractivity contribution in [3.8, 4) is 0 Å². The first-order valence-electron chi connectivity index (χ1n) is 7.04. The third kappa shape index (κ3) is 5.36. The predicted octanol–water partition coefficient (Wildman–Crippen LogP) is 1.71. The van der Waals surface area contributed by atoms with Crippen molar-refractivity contribution in [3.63, 3.8) is 0 Å². The van der Waals surface area contributed by atoms with Crippen molar-refractivity contribution >= 4 is 0 Å². The molecule has 102 valence electrons. The lowest BCUT2D eigenvalue weighted by atomic mass is 9.75. The van der Waals surface area contributed by atoms with Gasteiger partial charge in [-0.2, -0.15) is 0 Å². The zero-order valence-electron chi connectivity index (χ0n) is 12.0. The standard InChI is InChI=1S/C14H30N2O/c1-5-15-10-13(17)11-16-8-6-12(7-9-16)14(2,3)4/h12-13,15,17H,5-11H2,1-4H3. The Labute approximate surface area is 107 Å². The lowest BCUT2D eigenvalue weighted by Crippen LogP contribution is -2.43. The Morgan fingerprint density at radius 2 is 1.88 bits per heavy atom. The lowest BCUT2D eigenvalue weighted by molar-refractivity contribution is 0.0656. The Balaban J connectivity index is 2.23. The fourth-order valence-corrected chi connectivity index (χ4v) is 2.66. The van der Waals surface area contributed by atoms with Crippen LogP contribution in [0.4, 0.5) is 0 Å². The third-order valence-corrected chi connectivity index (χ3v) is 3.91. The van der Waals surface area contributed by atoms with E-state index in [0.29, 0.717) is 5.41 Å². The number of likely N-dealkylation sites (tertiary alicyclic amines) is 1. The quantitative estimate of drug-likeness (QED) is 0.770. The maximum Gasteiger partial charge on any atom is 0.0791 e. The number of nitrogens with zero attached hydrogens (tertiary/aromatic N) is 1. The van der Waals surface area contributed by atoms with Crippen LogP contribution in [0.1, 0.15) is 40.5 Å². The van der Waals surface area contributed by atoms with E-state index in [1.54, 1.807) is 0 Å². The van der Waals surface area contributed by atoms with Crippen molar-refractivity contribution in [2.45, 2.75) is 46.6 Å². The van der Waals surface area contributed by atoms with Crippen LogP contribution < -0.4 is 5.32 Å². The van der Waals surface area contributed by atoms with Crippen LogP contribution in [0.25, 0.3) is 0 Å². The molecule has 0 aromatic rings. The van der Waals surface area contributed by atoms with Gasteiger partial charge in [0.05, 0.1) is 6.10 Å². The van der Waals surface area contributed by atoms with Gasteiger partial charge in [0.1, 0.15) is 0 Å². The van der Waals surface area contributed by atoms with Crippen molar-refractivity contribution < 1.29 is 5.11 Å². The zero-order valence-corrected chi connectivity index (χ0v) is 12.0. The van der Waals surface area contributed by atoms with E-state index in [-0.39, 0.29) is 6.10 Å². The van der Waals surface area contributed by atoms with Crippen molar-refractivity contribution in [1.82, 2.24) is 10.2 Å². The van der Waals surface area contributed by atoms with Gasteiger partial charge in [-0.25, -0.2) is 0 Å². The van der Waals surface area contributed by atoms with Crippen LogP contribution >= 0.6 is 0 Å². The highest BCUT2D eigenvalue weighted by Gasteiger charge is 2.29. The van der Waals surface area contributed by atoms with Gasteiger partial charge in [0.25, 0.3) is 0 Å². The second kappa shape index (κ2) is 6.72. The molecule has 1 unspecified atom stereocenters. The molecule has 0 aromatic carbocycles. The van der Waals surface area contributed by atoms with Gasteiger partial charge in [0, 0.05) is 13.1 Å². The number of piperidine rings is 1. The summed E-state index contributed by atoms with van der Waals surface area (Å²) in [5.41, 5.74) is 0.439. The number of nitrogens with one attached hydrogen (secondary N) is 1. The highest BCUT2D eigenvalue weighted by atomic mass is 16.3. The minimum absolute atomic E-state index is 0.221. The molecule has 1 aliphatic heterocycles. The van der Waals surface area contributed by atoms with Crippen molar-refractivity contribution in [2.75, 3.05) is 32.7 Å². The molecule has 1 atom stereocenters. The largest absolute Gasteiger partial charge is 0.390 e. The Morgan fingerprint density at radius 1 is 1.29 bits per heavy atom. The normalized spacial score (nSPS) is 21.7. The Bertz CT molecular complexity index is 205. The molecule has 0 amide bonds. The van der Waals surface area contributed by atoms with Crippen molar-refractivity contribution in [2.24, 2.45) is 11.3 Å². The molecule has 0 aliphatic carbocycles. The highest BCUT2D eigenvalue weighted by molar-refractivity contribution is 4.81. The number of aliphatic hydroxyl groups is 1. The first-order chi connectivity index (χ1) is 7.93. The lowest BCUT2D eigenvalue weighted by Gasteiger charge is -2.39. The average Bonchev–Trinajstić information content (AvgIpc) is 2.26. The van der Waals surface area contributed by atoms with E-state index in [2.05, 4.69) is 37.9 Å². The van der Waals surface area contributed by atoms with Gasteiger partial charge in [0.2, 0.25) is 0 Å². The SMILES string of the molecule is CCNCC(O)CN1CCC(C(C)(C)C)CC1. The summed E-state index contributed by atoms with van der Waals surface area (Å²) in [6, 6.07) is 0. The number of β-amino-alcohol motifs (C(OH)–C–C–N with tert-alkyl or cyclic N) is 1. The summed E-state index contributed by atoms with van der Waals surface area (Å²) in [6.07, 6.45) is 2.33. The maximum absolute atomic E-state index is 9.85. The number of rotatable bonds is 5. The molecule has 0 radical (unpaired) electrons. The van der Waals surface area contributed by atoms with Crippen LogP contribution in [0, 0.1) is 11.3 Å². The molecule has 0 saturated carbocycles. The summed E-state index contributed by atoms with van der Waals surface area (Å²) in [6.45, 7) is 13.9. The Morgan fingerprint density at radius 3 is 2.35 bits per heavy atom. The Kier molecular flexibility index (Phi) is 5.90. The van der Waals surface area contributed by atoms with Gasteiger partial charge in [-0.15, -0.1) is 0 Å². The van der Waals surface area contributed by atoms with E-state index in [0.717, 1.165) is 38.6 Å². The van der Waals surface area contributed by atoms with Gasteiger partial charge < -0.3 is 15.3 Å². The number of hydrogen-bond donors (Lipinski definition) is 2. The van der Waals surface area contributed by atoms with E-state index in [4.69, 9.17) is 0 Å². The molecular formula is C14H30N2O. The monoisotopic (exact) mass is 242 g/mol. The van der Waals surface area contributed by atoms with Gasteiger partial charge >= 0.3 is 0 Å². The summed E-state index contributed by atoms with van der Waals surface area (Å²) in [5.74, 6) is 0.838. The molecule has 0 bridgehead atoms. The summed E-state index contributed by atoms with van der Waals surface area (Å²) in [7, 11) is 0. The van der Waals surface area contributed by atoms with E-state index < -0.39 is 0 Å². The molecule has 1 saturated heterocycles. The molecule has 17 heavy (non-hydrogen) atoms. The first-order valence-corrected chi connectivity index (χ1v) is 7.04. The van der Waals surface area contributed by atoms with Gasteiger partial charge in [0.15, 0.2) is 0 Å². The predicted molar refractivity (Wildman–Crippen MR) is 73.2 cm³/mol. The van der Waals surface area contributed by atoms with Crippen molar-refractivity contribution in [3.05, 3.63) is 0 Å². The van der Waals surface area contributed by atoms with Crippen LogP contribution in [-0.4, -0.2) is 48.8 Å². The van der Waals surface area contributed by atoms with E-state index >= 15 is 0 Å². The van der Waals surface area contributed by atoms with Gasteiger partial charge in [-0.3, -0.25) is 0 Å². The summed E-state index contributed by atoms with van der Waals surface area (Å²) >= 11 is 0. The second-order valence-corrected chi connectivity index (χ2v) is 6.40. The zero-order chi connectivity index (χ0) is 12.9. The molecule has 2 N–H and O–H groups in total. The maximum atomic E-state index is 9.85. The molecule has 3 heteroatoms. The fraction of sp³-hybridized carbons (Fsp3) is 1.00. The molecule has 0 spiro atoms. The minimum Gasteiger partial charge on any atom is -0.390 e. The number of aliphatic hydroxyl groups excluding tert-OH is 1. The second-order valence-electron chi connectivity index (χ2n) is 6.40. The number of hydrogen-bond acceptors (Lipinski definition) is 3. The summed E-state index contributed by atoms with van der Waals surface area (Å²) in [5, 5.41) is 13.0. The van der Waals surface area contributed by atoms with E-state index in [1.807, 2.05) is 0 Å². The fourth-order valence-electron chi connectivity index (χ4n) is 2.66. The molecule has 3 nitrogen and oxygen atoms in total. The Hall–Kier alpha value is -0.120. The van der Waals surface area contributed by atoms with E-state index in [9.17, 15) is 5.11 Å². The summed E-state index contributed by atoms with van der Waals surface area (Å²) in [4.78, 5) is 2.41. The first kappa shape index (κ1) is 14.9. The smallest absolute Gasteiger partial charge is 0.0791 e.